The molecule has 6 nitrogen and oxygen atoms in total. The fourth-order valence-electron chi connectivity index (χ4n) is 2.50. The zero-order valence-corrected chi connectivity index (χ0v) is 14.9. The zero-order chi connectivity index (χ0) is 19.4. The van der Waals surface area contributed by atoms with Gasteiger partial charge in [0.1, 0.15) is 5.82 Å². The van der Waals surface area contributed by atoms with Crippen LogP contribution in [0.1, 0.15) is 23.0 Å². The van der Waals surface area contributed by atoms with Crippen LogP contribution in [0.15, 0.2) is 59.1 Å². The van der Waals surface area contributed by atoms with Crippen molar-refractivity contribution in [1.82, 2.24) is 10.1 Å². The minimum atomic E-state index is -0.487. The molecule has 138 valence electrons. The van der Waals surface area contributed by atoms with E-state index in [1.54, 1.807) is 37.4 Å². The second-order valence-corrected chi connectivity index (χ2v) is 6.04. The number of anilines is 1. The molecule has 0 aliphatic carbocycles. The molecule has 0 saturated heterocycles. The Morgan fingerprint density at radius 2 is 1.85 bits per heavy atom. The fourth-order valence-corrected chi connectivity index (χ4v) is 2.50. The number of hydrogen-bond acceptors (Lipinski definition) is 4. The predicted octanol–water partition coefficient (Wildman–Crippen LogP) is 3.71. The summed E-state index contributed by atoms with van der Waals surface area (Å²) in [5, 5.41) is 6.49. The van der Waals surface area contributed by atoms with Gasteiger partial charge in [-0.2, -0.15) is 0 Å². The Labute approximate surface area is 155 Å². The number of aromatic nitrogens is 1. The van der Waals surface area contributed by atoms with Gasteiger partial charge in [0.25, 0.3) is 5.91 Å². The van der Waals surface area contributed by atoms with Crippen molar-refractivity contribution >= 4 is 17.5 Å². The molecule has 1 aromatic heterocycles. The van der Waals surface area contributed by atoms with Crippen LogP contribution in [0.4, 0.5) is 10.1 Å². The largest absolute Gasteiger partial charge is 0.355 e. The van der Waals surface area contributed by atoms with Gasteiger partial charge in [0.05, 0.1) is 5.56 Å². The van der Waals surface area contributed by atoms with Gasteiger partial charge in [0.2, 0.25) is 5.91 Å². The van der Waals surface area contributed by atoms with Crippen molar-refractivity contribution in [3.63, 3.8) is 0 Å². The van der Waals surface area contributed by atoms with Crippen molar-refractivity contribution < 1.29 is 18.5 Å². The van der Waals surface area contributed by atoms with Crippen LogP contribution in [-0.4, -0.2) is 28.9 Å². The molecule has 0 fully saturated rings. The van der Waals surface area contributed by atoms with Gasteiger partial charge in [0, 0.05) is 32.3 Å². The summed E-state index contributed by atoms with van der Waals surface area (Å²) in [6.07, 6.45) is 0. The van der Waals surface area contributed by atoms with E-state index in [4.69, 9.17) is 4.52 Å². The molecule has 0 radical (unpaired) electrons. The highest BCUT2D eigenvalue weighted by Gasteiger charge is 2.17. The highest BCUT2D eigenvalue weighted by Crippen LogP contribution is 2.24. The molecular formula is C20H18FN3O3. The summed E-state index contributed by atoms with van der Waals surface area (Å²) in [5.74, 6) is -0.859. The average Bonchev–Trinajstić information content (AvgIpc) is 3.13. The van der Waals surface area contributed by atoms with Crippen molar-refractivity contribution in [3.05, 3.63) is 71.7 Å². The number of nitrogens with one attached hydrogen (secondary N) is 1. The first kappa shape index (κ1) is 18.3. The molecule has 0 atom stereocenters. The van der Waals surface area contributed by atoms with Crippen LogP contribution >= 0.6 is 0 Å². The molecule has 2 amide bonds. The van der Waals surface area contributed by atoms with Gasteiger partial charge in [0.15, 0.2) is 11.5 Å². The standard InChI is InChI=1S/C20H18FN3O3/c1-13(25)24(2)12-14-7-3-6-10-17(14)22-20(26)18-11-19(27-23-18)15-8-4-5-9-16(15)21/h3-11H,12H2,1-2H3,(H,22,26). The van der Waals surface area contributed by atoms with Crippen molar-refractivity contribution in [3.8, 4) is 11.3 Å². The van der Waals surface area contributed by atoms with E-state index in [-0.39, 0.29) is 22.9 Å². The number of carbonyl (C=O) groups excluding carboxylic acids is 2. The van der Waals surface area contributed by atoms with E-state index in [0.717, 1.165) is 5.56 Å². The monoisotopic (exact) mass is 367 g/mol. The molecule has 0 bridgehead atoms. The Morgan fingerprint density at radius 3 is 2.59 bits per heavy atom. The van der Waals surface area contributed by atoms with Gasteiger partial charge < -0.3 is 14.7 Å². The quantitative estimate of drug-likeness (QED) is 0.746. The lowest BCUT2D eigenvalue weighted by atomic mass is 10.1. The molecule has 0 aliphatic heterocycles. The summed E-state index contributed by atoms with van der Waals surface area (Å²) < 4.78 is 19.0. The van der Waals surface area contributed by atoms with Gasteiger partial charge in [-0.15, -0.1) is 0 Å². The molecule has 1 heterocycles. The molecule has 2 aromatic carbocycles. The molecule has 3 aromatic rings. The van der Waals surface area contributed by atoms with Crippen LogP contribution in [0.2, 0.25) is 0 Å². The van der Waals surface area contributed by atoms with Crippen LogP contribution in [-0.2, 0) is 11.3 Å². The van der Waals surface area contributed by atoms with E-state index >= 15 is 0 Å². The Morgan fingerprint density at radius 1 is 1.15 bits per heavy atom. The predicted molar refractivity (Wildman–Crippen MR) is 98.4 cm³/mol. The number of halogens is 1. The fraction of sp³-hybridized carbons (Fsp3) is 0.150. The highest BCUT2D eigenvalue weighted by atomic mass is 19.1. The van der Waals surface area contributed by atoms with Gasteiger partial charge >= 0.3 is 0 Å². The molecule has 3 rings (SSSR count). The third kappa shape index (κ3) is 4.20. The molecular weight excluding hydrogens is 349 g/mol. The smallest absolute Gasteiger partial charge is 0.277 e. The van der Waals surface area contributed by atoms with E-state index < -0.39 is 11.7 Å². The normalized spacial score (nSPS) is 10.5. The van der Waals surface area contributed by atoms with E-state index in [1.807, 2.05) is 12.1 Å². The maximum Gasteiger partial charge on any atom is 0.277 e. The molecule has 0 spiro atoms. The van der Waals surface area contributed by atoms with E-state index in [0.29, 0.717) is 12.2 Å². The maximum absolute atomic E-state index is 13.9. The Hall–Kier alpha value is -3.48. The van der Waals surface area contributed by atoms with Crippen molar-refractivity contribution in [2.75, 3.05) is 12.4 Å². The Balaban J connectivity index is 1.79. The molecule has 0 unspecified atom stereocenters. The Bertz CT molecular complexity index is 984. The second-order valence-electron chi connectivity index (χ2n) is 6.04. The number of rotatable bonds is 5. The van der Waals surface area contributed by atoms with Crippen LogP contribution in [0.3, 0.4) is 0 Å². The van der Waals surface area contributed by atoms with Crippen LogP contribution in [0.5, 0.6) is 0 Å². The number of amides is 2. The van der Waals surface area contributed by atoms with E-state index in [2.05, 4.69) is 10.5 Å². The first-order chi connectivity index (χ1) is 13.0. The number of hydrogen-bond donors (Lipinski definition) is 1. The third-order valence-corrected chi connectivity index (χ3v) is 4.09. The van der Waals surface area contributed by atoms with Gasteiger partial charge in [-0.1, -0.05) is 35.5 Å². The lowest BCUT2D eigenvalue weighted by molar-refractivity contribution is -0.128. The molecule has 1 N–H and O–H groups in total. The first-order valence-electron chi connectivity index (χ1n) is 8.28. The lowest BCUT2D eigenvalue weighted by Crippen LogP contribution is -2.24. The van der Waals surface area contributed by atoms with Gasteiger partial charge in [-0.05, 0) is 23.8 Å². The Kier molecular flexibility index (Phi) is 5.30. The molecule has 27 heavy (non-hydrogen) atoms. The number of benzene rings is 2. The van der Waals surface area contributed by atoms with Gasteiger partial charge in [-0.25, -0.2) is 4.39 Å². The number of para-hydroxylation sites is 1. The SMILES string of the molecule is CC(=O)N(C)Cc1ccccc1NC(=O)c1cc(-c2ccccc2F)on1. The summed E-state index contributed by atoms with van der Waals surface area (Å²) in [6.45, 7) is 1.83. The molecule has 0 saturated carbocycles. The number of carbonyl (C=O) groups is 2. The summed E-state index contributed by atoms with van der Waals surface area (Å²) >= 11 is 0. The molecule has 0 aliphatic rings. The number of nitrogens with zero attached hydrogens (tertiary/aromatic N) is 2. The summed E-state index contributed by atoms with van der Waals surface area (Å²) in [5.41, 5.74) is 1.60. The first-order valence-corrected chi connectivity index (χ1v) is 8.28. The maximum atomic E-state index is 13.9. The minimum absolute atomic E-state index is 0.0305. The van der Waals surface area contributed by atoms with E-state index in [1.165, 1.54) is 24.0 Å². The second kappa shape index (κ2) is 7.82. The van der Waals surface area contributed by atoms with Crippen LogP contribution < -0.4 is 5.32 Å². The van der Waals surface area contributed by atoms with Crippen molar-refractivity contribution in [2.24, 2.45) is 0 Å². The summed E-state index contributed by atoms with van der Waals surface area (Å²) in [4.78, 5) is 25.5. The third-order valence-electron chi connectivity index (χ3n) is 4.09. The lowest BCUT2D eigenvalue weighted by Gasteiger charge is -2.17. The van der Waals surface area contributed by atoms with Crippen LogP contribution in [0, 0.1) is 5.82 Å². The topological polar surface area (TPSA) is 75.4 Å². The molecule has 7 heteroatoms. The van der Waals surface area contributed by atoms with Gasteiger partial charge in [-0.3, -0.25) is 9.59 Å². The van der Waals surface area contributed by atoms with Crippen molar-refractivity contribution in [2.45, 2.75) is 13.5 Å². The van der Waals surface area contributed by atoms with E-state index in [9.17, 15) is 14.0 Å². The zero-order valence-electron chi connectivity index (χ0n) is 14.9. The van der Waals surface area contributed by atoms with Crippen molar-refractivity contribution in [1.29, 1.82) is 0 Å². The summed E-state index contributed by atoms with van der Waals surface area (Å²) in [6, 6.07) is 14.6. The summed E-state index contributed by atoms with van der Waals surface area (Å²) in [7, 11) is 1.68. The average molecular weight is 367 g/mol. The minimum Gasteiger partial charge on any atom is -0.355 e. The highest BCUT2D eigenvalue weighted by molar-refractivity contribution is 6.03. The van der Waals surface area contributed by atoms with Crippen LogP contribution in [0.25, 0.3) is 11.3 Å².